The lowest BCUT2D eigenvalue weighted by Crippen LogP contribution is -1.67. The van der Waals surface area contributed by atoms with Gasteiger partial charge in [0, 0.05) is 0 Å². The second-order valence-corrected chi connectivity index (χ2v) is 1.45. The summed E-state index contributed by atoms with van der Waals surface area (Å²) in [5.74, 6) is 0. The van der Waals surface area contributed by atoms with E-state index in [2.05, 4.69) is 6.92 Å². The van der Waals surface area contributed by atoms with Gasteiger partial charge in [-0.2, -0.15) is 0 Å². The predicted octanol–water partition coefficient (Wildman–Crippen LogP) is 1.50. The maximum absolute atomic E-state index is 8.24. The number of rotatable bonds is 3. The molecule has 46 valence electrons. The summed E-state index contributed by atoms with van der Waals surface area (Å²) in [4.78, 5) is 0. The monoisotopic (exact) mass is 112 g/mol. The van der Waals surface area contributed by atoms with Crippen molar-refractivity contribution in [3.63, 3.8) is 0 Å². The summed E-state index contributed by atoms with van der Waals surface area (Å²) in [5, 5.41) is 8.24. The Morgan fingerprint density at radius 2 is 1.88 bits per heavy atom. The lowest BCUT2D eigenvalue weighted by molar-refractivity contribution is 0.343. The van der Waals surface area contributed by atoms with Crippen LogP contribution < -0.4 is 0 Å². The van der Waals surface area contributed by atoms with Gasteiger partial charge in [-0.05, 0) is 6.42 Å². The van der Waals surface area contributed by atoms with Gasteiger partial charge in [0.2, 0.25) is 0 Å². The molecular formula is C7H12O. The second kappa shape index (κ2) is 6.44. The van der Waals surface area contributed by atoms with Crippen LogP contribution in [0.1, 0.15) is 13.3 Å². The molecule has 0 aliphatic heterocycles. The van der Waals surface area contributed by atoms with Crippen molar-refractivity contribution in [2.24, 2.45) is 0 Å². The molecule has 0 unspecified atom stereocenters. The van der Waals surface area contributed by atoms with Crippen LogP contribution in [0, 0.1) is 0 Å². The van der Waals surface area contributed by atoms with Gasteiger partial charge in [0.1, 0.15) is 0 Å². The Morgan fingerprint density at radius 1 is 1.25 bits per heavy atom. The average Bonchev–Trinajstić information content (AvgIpc) is 1.81. The Morgan fingerprint density at radius 3 is 2.38 bits per heavy atom. The lowest BCUT2D eigenvalue weighted by atomic mass is 10.4. The summed E-state index contributed by atoms with van der Waals surface area (Å²) in [5.41, 5.74) is 0. The Labute approximate surface area is 50.3 Å². The van der Waals surface area contributed by atoms with Crippen LogP contribution >= 0.6 is 0 Å². The van der Waals surface area contributed by atoms with Crippen molar-refractivity contribution in [2.75, 3.05) is 6.61 Å². The van der Waals surface area contributed by atoms with Crippen LogP contribution in [-0.2, 0) is 0 Å². The van der Waals surface area contributed by atoms with E-state index in [0.717, 1.165) is 6.42 Å². The van der Waals surface area contributed by atoms with Gasteiger partial charge in [0.25, 0.3) is 0 Å². The third-order valence-electron chi connectivity index (χ3n) is 0.724. The van der Waals surface area contributed by atoms with E-state index in [1.54, 1.807) is 6.08 Å². The van der Waals surface area contributed by atoms with Gasteiger partial charge in [0.15, 0.2) is 0 Å². The first-order valence-corrected chi connectivity index (χ1v) is 2.84. The van der Waals surface area contributed by atoms with Crippen molar-refractivity contribution in [3.05, 3.63) is 24.3 Å². The Kier molecular flexibility index (Phi) is 5.99. The van der Waals surface area contributed by atoms with E-state index in [1.807, 2.05) is 18.2 Å². The molecule has 0 aliphatic rings. The fourth-order valence-corrected chi connectivity index (χ4v) is 0.354. The first kappa shape index (κ1) is 7.44. The Balaban J connectivity index is 3.13. The highest BCUT2D eigenvalue weighted by Gasteiger charge is 1.62. The van der Waals surface area contributed by atoms with Gasteiger partial charge in [0.05, 0.1) is 6.61 Å². The molecule has 0 rings (SSSR count). The summed E-state index contributed by atoms with van der Waals surface area (Å²) >= 11 is 0. The van der Waals surface area contributed by atoms with E-state index in [1.165, 1.54) is 0 Å². The number of aliphatic hydroxyl groups is 1. The highest BCUT2D eigenvalue weighted by atomic mass is 16.2. The first-order valence-electron chi connectivity index (χ1n) is 2.84. The van der Waals surface area contributed by atoms with E-state index in [4.69, 9.17) is 5.11 Å². The molecule has 0 spiro atoms. The van der Waals surface area contributed by atoms with Crippen LogP contribution in [0.5, 0.6) is 0 Å². The van der Waals surface area contributed by atoms with Crippen LogP contribution in [0.15, 0.2) is 24.3 Å². The quantitative estimate of drug-likeness (QED) is 0.548. The molecule has 8 heavy (non-hydrogen) atoms. The molecule has 0 amide bonds. The maximum atomic E-state index is 8.24. The van der Waals surface area contributed by atoms with Crippen LogP contribution in [0.25, 0.3) is 0 Å². The molecular weight excluding hydrogens is 100 g/mol. The fourth-order valence-electron chi connectivity index (χ4n) is 0.354. The molecule has 0 saturated carbocycles. The molecule has 0 radical (unpaired) electrons. The molecule has 0 aromatic rings. The van der Waals surface area contributed by atoms with E-state index in [0.29, 0.717) is 0 Å². The third kappa shape index (κ3) is 5.44. The zero-order valence-electron chi connectivity index (χ0n) is 5.17. The zero-order chi connectivity index (χ0) is 6.24. The largest absolute Gasteiger partial charge is 0.392 e. The smallest absolute Gasteiger partial charge is 0.0615 e. The SMILES string of the molecule is CCC=CC=CCO. The minimum atomic E-state index is 0.133. The van der Waals surface area contributed by atoms with Crippen LogP contribution in [0.2, 0.25) is 0 Å². The zero-order valence-corrected chi connectivity index (χ0v) is 5.17. The molecule has 1 heteroatoms. The highest BCUT2D eigenvalue weighted by Crippen LogP contribution is 1.79. The number of hydrogen-bond donors (Lipinski definition) is 1. The van der Waals surface area contributed by atoms with Crippen molar-refractivity contribution in [1.82, 2.24) is 0 Å². The van der Waals surface area contributed by atoms with Crippen LogP contribution in [-0.4, -0.2) is 11.7 Å². The molecule has 1 nitrogen and oxygen atoms in total. The summed E-state index contributed by atoms with van der Waals surface area (Å²) in [6, 6.07) is 0. The Hall–Kier alpha value is -0.560. The number of hydrogen-bond acceptors (Lipinski definition) is 1. The fraction of sp³-hybridized carbons (Fsp3) is 0.429. The second-order valence-electron chi connectivity index (χ2n) is 1.45. The number of allylic oxidation sites excluding steroid dienone is 3. The topological polar surface area (TPSA) is 20.2 Å². The van der Waals surface area contributed by atoms with E-state index >= 15 is 0 Å². The van der Waals surface area contributed by atoms with Gasteiger partial charge in [-0.3, -0.25) is 0 Å². The molecule has 0 aromatic carbocycles. The average molecular weight is 112 g/mol. The van der Waals surface area contributed by atoms with Crippen molar-refractivity contribution in [2.45, 2.75) is 13.3 Å². The van der Waals surface area contributed by atoms with E-state index < -0.39 is 0 Å². The summed E-state index contributed by atoms with van der Waals surface area (Å²) < 4.78 is 0. The maximum Gasteiger partial charge on any atom is 0.0615 e. The predicted molar refractivity (Wildman–Crippen MR) is 35.7 cm³/mol. The van der Waals surface area contributed by atoms with Gasteiger partial charge < -0.3 is 5.11 Å². The van der Waals surface area contributed by atoms with Gasteiger partial charge in [-0.1, -0.05) is 31.2 Å². The molecule has 0 atom stereocenters. The lowest BCUT2D eigenvalue weighted by Gasteiger charge is -1.74. The minimum absolute atomic E-state index is 0.133. The van der Waals surface area contributed by atoms with Crippen molar-refractivity contribution >= 4 is 0 Å². The van der Waals surface area contributed by atoms with Gasteiger partial charge in [-0.25, -0.2) is 0 Å². The van der Waals surface area contributed by atoms with Crippen LogP contribution in [0.3, 0.4) is 0 Å². The van der Waals surface area contributed by atoms with E-state index in [9.17, 15) is 0 Å². The summed E-state index contributed by atoms with van der Waals surface area (Å²) in [7, 11) is 0. The molecule has 0 aromatic heterocycles. The van der Waals surface area contributed by atoms with E-state index in [-0.39, 0.29) is 6.61 Å². The van der Waals surface area contributed by atoms with Crippen LogP contribution in [0.4, 0.5) is 0 Å². The Bertz CT molecular complexity index is 70.4. The normalized spacial score (nSPS) is 11.8. The standard InChI is InChI=1S/C7H12O/c1-2-3-4-5-6-7-8/h3-6,8H,2,7H2,1H3. The molecule has 0 bridgehead atoms. The van der Waals surface area contributed by atoms with Crippen molar-refractivity contribution < 1.29 is 5.11 Å². The molecule has 0 saturated heterocycles. The first-order chi connectivity index (χ1) is 3.91. The molecule has 1 N–H and O–H groups in total. The third-order valence-corrected chi connectivity index (χ3v) is 0.724. The van der Waals surface area contributed by atoms with Crippen molar-refractivity contribution in [1.29, 1.82) is 0 Å². The summed E-state index contributed by atoms with van der Waals surface area (Å²) in [6.07, 6.45) is 8.55. The summed E-state index contributed by atoms with van der Waals surface area (Å²) in [6.45, 7) is 2.21. The minimum Gasteiger partial charge on any atom is -0.392 e. The molecule has 0 fully saturated rings. The van der Waals surface area contributed by atoms with Gasteiger partial charge >= 0.3 is 0 Å². The molecule has 0 aliphatic carbocycles. The highest BCUT2D eigenvalue weighted by molar-refractivity contribution is 5.01. The molecule has 0 heterocycles. The number of aliphatic hydroxyl groups excluding tert-OH is 1. The van der Waals surface area contributed by atoms with Gasteiger partial charge in [-0.15, -0.1) is 0 Å². The van der Waals surface area contributed by atoms with Crippen molar-refractivity contribution in [3.8, 4) is 0 Å².